The van der Waals surface area contributed by atoms with Gasteiger partial charge in [0, 0.05) is 42.9 Å². The molecule has 30 heavy (non-hydrogen) atoms. The predicted molar refractivity (Wildman–Crippen MR) is 106 cm³/mol. The van der Waals surface area contributed by atoms with Crippen molar-refractivity contribution in [3.63, 3.8) is 0 Å². The topological polar surface area (TPSA) is 67.2 Å². The lowest BCUT2D eigenvalue weighted by Crippen LogP contribution is -2.49. The molecule has 0 aliphatic carbocycles. The summed E-state index contributed by atoms with van der Waals surface area (Å²) in [5.41, 5.74) is 0.686. The molecule has 0 saturated carbocycles. The van der Waals surface area contributed by atoms with Crippen LogP contribution in [0.5, 0.6) is 0 Å². The van der Waals surface area contributed by atoms with Crippen molar-refractivity contribution in [2.24, 2.45) is 0 Å². The van der Waals surface area contributed by atoms with E-state index in [4.69, 9.17) is 0 Å². The highest BCUT2D eigenvalue weighted by molar-refractivity contribution is 7.13. The first-order chi connectivity index (χ1) is 14.2. The maximum Gasteiger partial charge on any atom is 0.416 e. The Morgan fingerprint density at radius 3 is 2.50 bits per heavy atom. The molecule has 3 aromatic rings. The molecule has 158 valence electrons. The second-order valence-electron chi connectivity index (χ2n) is 7.02. The van der Waals surface area contributed by atoms with Crippen molar-refractivity contribution < 1.29 is 18.0 Å². The zero-order chi connectivity index (χ0) is 21.5. The SMILES string of the molecule is Cc1cnc(-n2nnc(C(=O)N3CCN(c4cccc(C(F)(F)F)c4)CC3)c2C)s1. The van der Waals surface area contributed by atoms with Crippen LogP contribution in [0.1, 0.15) is 26.6 Å². The molecule has 1 saturated heterocycles. The number of halogens is 3. The molecule has 7 nitrogen and oxygen atoms in total. The third-order valence-electron chi connectivity index (χ3n) is 4.99. The molecular weight excluding hydrogens is 417 g/mol. The van der Waals surface area contributed by atoms with Gasteiger partial charge in [0.25, 0.3) is 5.91 Å². The Hall–Kier alpha value is -2.95. The van der Waals surface area contributed by atoms with Crippen LogP contribution >= 0.6 is 11.3 Å². The summed E-state index contributed by atoms with van der Waals surface area (Å²) < 4.78 is 40.4. The normalized spacial score (nSPS) is 15.0. The van der Waals surface area contributed by atoms with Gasteiger partial charge in [0.2, 0.25) is 5.13 Å². The van der Waals surface area contributed by atoms with Crippen molar-refractivity contribution in [2.45, 2.75) is 20.0 Å². The number of rotatable bonds is 3. The van der Waals surface area contributed by atoms with Crippen LogP contribution in [-0.2, 0) is 6.18 Å². The summed E-state index contributed by atoms with van der Waals surface area (Å²) in [4.78, 5) is 21.7. The molecule has 1 fully saturated rings. The Balaban J connectivity index is 1.45. The molecule has 0 radical (unpaired) electrons. The van der Waals surface area contributed by atoms with E-state index in [2.05, 4.69) is 15.3 Å². The zero-order valence-electron chi connectivity index (χ0n) is 16.3. The standard InChI is InChI=1S/C19H19F3N6OS/c1-12-11-23-18(30-12)28-13(2)16(24-25-28)17(29)27-8-6-26(7-9-27)15-5-3-4-14(10-15)19(20,21)22/h3-5,10-11H,6-9H2,1-2H3. The number of thiazole rings is 1. The molecule has 11 heteroatoms. The minimum absolute atomic E-state index is 0.240. The zero-order valence-corrected chi connectivity index (χ0v) is 17.2. The van der Waals surface area contributed by atoms with Crippen LogP contribution < -0.4 is 4.90 Å². The smallest absolute Gasteiger partial charge is 0.368 e. The molecule has 1 amide bonds. The number of nitrogens with zero attached hydrogens (tertiary/aromatic N) is 6. The van der Waals surface area contributed by atoms with Crippen LogP contribution in [0.2, 0.25) is 0 Å². The summed E-state index contributed by atoms with van der Waals surface area (Å²) in [7, 11) is 0. The highest BCUT2D eigenvalue weighted by Gasteiger charge is 2.32. The number of carbonyl (C=O) groups is 1. The second-order valence-corrected chi connectivity index (χ2v) is 8.23. The quantitative estimate of drug-likeness (QED) is 0.630. The van der Waals surface area contributed by atoms with Crippen LogP contribution in [-0.4, -0.2) is 57.0 Å². The van der Waals surface area contributed by atoms with Crippen LogP contribution in [0.25, 0.3) is 5.13 Å². The van der Waals surface area contributed by atoms with E-state index in [1.54, 1.807) is 28.8 Å². The van der Waals surface area contributed by atoms with Crippen molar-refractivity contribution >= 4 is 22.9 Å². The van der Waals surface area contributed by atoms with E-state index in [1.165, 1.54) is 17.4 Å². The highest BCUT2D eigenvalue weighted by Crippen LogP contribution is 2.32. The summed E-state index contributed by atoms with van der Waals surface area (Å²) in [6.07, 6.45) is -2.65. The molecular formula is C19H19F3N6OS. The molecule has 0 bridgehead atoms. The molecule has 2 aromatic heterocycles. The molecule has 0 spiro atoms. The Morgan fingerprint density at radius 1 is 1.13 bits per heavy atom. The van der Waals surface area contributed by atoms with Crippen LogP contribution in [0.4, 0.5) is 18.9 Å². The fourth-order valence-electron chi connectivity index (χ4n) is 3.35. The van der Waals surface area contributed by atoms with E-state index in [9.17, 15) is 18.0 Å². The van der Waals surface area contributed by atoms with Gasteiger partial charge in [0.15, 0.2) is 5.69 Å². The van der Waals surface area contributed by atoms with E-state index >= 15 is 0 Å². The van der Waals surface area contributed by atoms with E-state index < -0.39 is 11.7 Å². The lowest BCUT2D eigenvalue weighted by atomic mass is 10.1. The number of piperazine rings is 1. The van der Waals surface area contributed by atoms with Crippen LogP contribution in [0.3, 0.4) is 0 Å². The average molecular weight is 436 g/mol. The van der Waals surface area contributed by atoms with Crippen molar-refractivity contribution in [3.8, 4) is 5.13 Å². The van der Waals surface area contributed by atoms with Gasteiger partial charge in [-0.1, -0.05) is 11.3 Å². The number of carbonyl (C=O) groups excluding carboxylic acids is 1. The fourth-order valence-corrected chi connectivity index (χ4v) is 4.10. The van der Waals surface area contributed by atoms with Crippen molar-refractivity contribution in [1.82, 2.24) is 24.9 Å². The predicted octanol–water partition coefficient (Wildman–Crippen LogP) is 3.32. The molecule has 3 heterocycles. The number of anilines is 1. The maximum atomic E-state index is 13.0. The van der Waals surface area contributed by atoms with Gasteiger partial charge < -0.3 is 9.80 Å². The molecule has 1 aliphatic heterocycles. The van der Waals surface area contributed by atoms with Gasteiger partial charge in [-0.25, -0.2) is 4.98 Å². The molecule has 1 aliphatic rings. The van der Waals surface area contributed by atoms with E-state index in [1.807, 2.05) is 11.8 Å². The minimum Gasteiger partial charge on any atom is -0.368 e. The fraction of sp³-hybridized carbons (Fsp3) is 0.368. The number of alkyl halides is 3. The van der Waals surface area contributed by atoms with E-state index in [0.29, 0.717) is 42.7 Å². The van der Waals surface area contributed by atoms with E-state index in [-0.39, 0.29) is 11.6 Å². The van der Waals surface area contributed by atoms with E-state index in [0.717, 1.165) is 17.0 Å². The molecule has 4 rings (SSSR count). The van der Waals surface area contributed by atoms with Crippen LogP contribution in [0, 0.1) is 13.8 Å². The van der Waals surface area contributed by atoms with Crippen molar-refractivity contribution in [1.29, 1.82) is 0 Å². The summed E-state index contributed by atoms with van der Waals surface area (Å²) in [6.45, 7) is 5.35. The van der Waals surface area contributed by atoms with Gasteiger partial charge in [-0.2, -0.15) is 17.9 Å². The maximum absolute atomic E-state index is 13.0. The third-order valence-corrected chi connectivity index (χ3v) is 5.88. The largest absolute Gasteiger partial charge is 0.416 e. The first-order valence-corrected chi connectivity index (χ1v) is 10.1. The Morgan fingerprint density at radius 2 is 1.87 bits per heavy atom. The molecule has 0 N–H and O–H groups in total. The first kappa shape index (κ1) is 20.3. The second kappa shape index (κ2) is 7.71. The minimum atomic E-state index is -4.38. The van der Waals surface area contributed by atoms with Crippen LogP contribution in [0.15, 0.2) is 30.5 Å². The number of amides is 1. The Labute approximate surface area is 174 Å². The van der Waals surface area contributed by atoms with Gasteiger partial charge in [-0.3, -0.25) is 4.79 Å². The lowest BCUT2D eigenvalue weighted by molar-refractivity contribution is -0.137. The van der Waals surface area contributed by atoms with Crippen molar-refractivity contribution in [2.75, 3.05) is 31.1 Å². The summed E-state index contributed by atoms with van der Waals surface area (Å²) in [6, 6.07) is 5.25. The summed E-state index contributed by atoms with van der Waals surface area (Å²) in [5.74, 6) is -0.240. The summed E-state index contributed by atoms with van der Waals surface area (Å²) >= 11 is 1.45. The van der Waals surface area contributed by atoms with Crippen molar-refractivity contribution in [3.05, 3.63) is 52.3 Å². The number of benzene rings is 1. The Kier molecular flexibility index (Phi) is 5.22. The first-order valence-electron chi connectivity index (χ1n) is 9.30. The number of aryl methyl sites for hydroxylation is 1. The average Bonchev–Trinajstić information content (AvgIpc) is 3.32. The Bertz CT molecular complexity index is 1070. The molecule has 0 unspecified atom stereocenters. The molecule has 1 aromatic carbocycles. The van der Waals surface area contributed by atoms with Gasteiger partial charge in [0.1, 0.15) is 0 Å². The molecule has 0 atom stereocenters. The lowest BCUT2D eigenvalue weighted by Gasteiger charge is -2.36. The van der Waals surface area contributed by atoms with Gasteiger partial charge in [-0.15, -0.1) is 16.4 Å². The van der Waals surface area contributed by atoms with Gasteiger partial charge in [0.05, 0.1) is 11.3 Å². The third kappa shape index (κ3) is 3.89. The number of aromatic nitrogens is 4. The highest BCUT2D eigenvalue weighted by atomic mass is 32.1. The monoisotopic (exact) mass is 436 g/mol. The number of hydrogen-bond donors (Lipinski definition) is 0. The van der Waals surface area contributed by atoms with Gasteiger partial charge in [-0.05, 0) is 32.0 Å². The summed E-state index contributed by atoms with van der Waals surface area (Å²) in [5, 5.41) is 8.75. The number of hydrogen-bond acceptors (Lipinski definition) is 6. The van der Waals surface area contributed by atoms with Gasteiger partial charge >= 0.3 is 6.18 Å².